The predicted octanol–water partition coefficient (Wildman–Crippen LogP) is 3.27. The molecule has 0 N–H and O–H groups in total. The highest BCUT2D eigenvalue weighted by Gasteiger charge is 2.15. The lowest BCUT2D eigenvalue weighted by atomic mass is 10.2. The molecule has 0 spiro atoms. The minimum Gasteiger partial charge on any atom is -0.492 e. The van der Waals surface area contributed by atoms with E-state index in [1.807, 2.05) is 12.1 Å². The Morgan fingerprint density at radius 1 is 1.53 bits per heavy atom. The van der Waals surface area contributed by atoms with Crippen LogP contribution in [0.25, 0.3) is 0 Å². The Morgan fingerprint density at radius 3 is 3.12 bits per heavy atom. The maximum Gasteiger partial charge on any atom is 0.138 e. The van der Waals surface area contributed by atoms with E-state index in [-0.39, 0.29) is 0 Å². The van der Waals surface area contributed by atoms with E-state index in [1.165, 1.54) is 0 Å². The van der Waals surface area contributed by atoms with E-state index in [9.17, 15) is 0 Å². The fraction of sp³-hybridized carbons (Fsp3) is 0.462. The van der Waals surface area contributed by atoms with Crippen LogP contribution in [-0.4, -0.2) is 19.3 Å². The van der Waals surface area contributed by atoms with Gasteiger partial charge in [0.1, 0.15) is 11.8 Å². The largest absolute Gasteiger partial charge is 0.492 e. The molecule has 3 nitrogen and oxygen atoms in total. The van der Waals surface area contributed by atoms with Crippen molar-refractivity contribution in [2.45, 2.75) is 25.4 Å². The van der Waals surface area contributed by atoms with Crippen molar-refractivity contribution in [2.24, 2.45) is 0 Å². The molecule has 0 amide bonds. The molecule has 2 rings (SSSR count). The molecule has 4 heteroatoms. The van der Waals surface area contributed by atoms with Crippen molar-refractivity contribution < 1.29 is 9.47 Å². The summed E-state index contributed by atoms with van der Waals surface area (Å²) in [6.07, 6.45) is 3.47. The van der Waals surface area contributed by atoms with Gasteiger partial charge in [-0.25, -0.2) is 0 Å². The van der Waals surface area contributed by atoms with Gasteiger partial charge in [0.2, 0.25) is 0 Å². The van der Waals surface area contributed by atoms with Crippen molar-refractivity contribution in [3.8, 4) is 11.8 Å². The van der Waals surface area contributed by atoms with Gasteiger partial charge in [-0.15, -0.1) is 0 Å². The zero-order valence-electron chi connectivity index (χ0n) is 9.49. The molecule has 0 radical (unpaired) electrons. The molecule has 0 aliphatic carbocycles. The molecule has 0 aromatic heterocycles. The van der Waals surface area contributed by atoms with E-state index in [1.54, 1.807) is 6.07 Å². The third-order valence-corrected chi connectivity index (χ3v) is 3.28. The SMILES string of the molecule is N#Cc1ccc(Br)cc1OCCC1CCCO1. The summed E-state index contributed by atoms with van der Waals surface area (Å²) >= 11 is 3.37. The second-order valence-electron chi connectivity index (χ2n) is 4.02. The first-order valence-corrected chi connectivity index (χ1v) is 6.53. The van der Waals surface area contributed by atoms with Crippen LogP contribution in [0.5, 0.6) is 5.75 Å². The molecular weight excluding hydrogens is 282 g/mol. The Bertz CT molecular complexity index is 422. The zero-order valence-corrected chi connectivity index (χ0v) is 11.1. The van der Waals surface area contributed by atoms with E-state index in [0.29, 0.717) is 24.0 Å². The third-order valence-electron chi connectivity index (χ3n) is 2.79. The van der Waals surface area contributed by atoms with Crippen LogP contribution in [0.1, 0.15) is 24.8 Å². The van der Waals surface area contributed by atoms with Gasteiger partial charge >= 0.3 is 0 Å². The predicted molar refractivity (Wildman–Crippen MR) is 67.9 cm³/mol. The molecule has 0 saturated carbocycles. The smallest absolute Gasteiger partial charge is 0.138 e. The van der Waals surface area contributed by atoms with E-state index in [0.717, 1.165) is 30.3 Å². The number of rotatable bonds is 4. The third kappa shape index (κ3) is 3.45. The summed E-state index contributed by atoms with van der Waals surface area (Å²) in [5.74, 6) is 0.639. The van der Waals surface area contributed by atoms with Crippen LogP contribution in [-0.2, 0) is 4.74 Å². The summed E-state index contributed by atoms with van der Waals surface area (Å²) in [4.78, 5) is 0. The Hall–Kier alpha value is -1.05. The van der Waals surface area contributed by atoms with Crippen molar-refractivity contribution in [3.63, 3.8) is 0 Å². The van der Waals surface area contributed by atoms with Crippen molar-refractivity contribution in [1.29, 1.82) is 5.26 Å². The average molecular weight is 296 g/mol. The second kappa shape index (κ2) is 6.04. The first-order chi connectivity index (χ1) is 8.29. The van der Waals surface area contributed by atoms with Gasteiger partial charge in [0.25, 0.3) is 0 Å². The number of ether oxygens (including phenoxy) is 2. The lowest BCUT2D eigenvalue weighted by molar-refractivity contribution is 0.0903. The van der Waals surface area contributed by atoms with E-state index in [2.05, 4.69) is 22.0 Å². The second-order valence-corrected chi connectivity index (χ2v) is 4.94. The summed E-state index contributed by atoms with van der Waals surface area (Å²) in [6.45, 7) is 1.46. The van der Waals surface area contributed by atoms with Gasteiger partial charge in [-0.05, 0) is 31.0 Å². The van der Waals surface area contributed by atoms with E-state index >= 15 is 0 Å². The number of nitriles is 1. The van der Waals surface area contributed by atoms with Gasteiger partial charge in [0, 0.05) is 17.5 Å². The Kier molecular flexibility index (Phi) is 4.41. The van der Waals surface area contributed by atoms with E-state index in [4.69, 9.17) is 14.7 Å². The topological polar surface area (TPSA) is 42.2 Å². The van der Waals surface area contributed by atoms with Crippen LogP contribution in [0.2, 0.25) is 0 Å². The summed E-state index contributed by atoms with van der Waals surface area (Å²) < 4.78 is 12.1. The minimum atomic E-state index is 0.327. The molecule has 1 atom stereocenters. The first-order valence-electron chi connectivity index (χ1n) is 5.73. The Labute approximate surface area is 109 Å². The molecule has 0 bridgehead atoms. The molecule has 1 aromatic carbocycles. The molecule has 1 unspecified atom stereocenters. The minimum absolute atomic E-state index is 0.327. The monoisotopic (exact) mass is 295 g/mol. The molecule has 1 fully saturated rings. The average Bonchev–Trinajstić information content (AvgIpc) is 2.82. The molecular formula is C13H14BrNO2. The van der Waals surface area contributed by atoms with Gasteiger partial charge in [0.05, 0.1) is 18.3 Å². The summed E-state index contributed by atoms with van der Waals surface area (Å²) in [7, 11) is 0. The van der Waals surface area contributed by atoms with Gasteiger partial charge in [-0.3, -0.25) is 0 Å². The van der Waals surface area contributed by atoms with Crippen molar-refractivity contribution in [3.05, 3.63) is 28.2 Å². The number of hydrogen-bond donors (Lipinski definition) is 0. The van der Waals surface area contributed by atoms with Gasteiger partial charge in [-0.2, -0.15) is 5.26 Å². The molecule has 90 valence electrons. The fourth-order valence-corrected chi connectivity index (χ4v) is 2.22. The van der Waals surface area contributed by atoms with Crippen LogP contribution in [0.3, 0.4) is 0 Å². The molecule has 1 heterocycles. The van der Waals surface area contributed by atoms with Gasteiger partial charge < -0.3 is 9.47 Å². The van der Waals surface area contributed by atoms with Crippen LogP contribution in [0.4, 0.5) is 0 Å². The fourth-order valence-electron chi connectivity index (χ4n) is 1.88. The standard InChI is InChI=1S/C13H14BrNO2/c14-11-4-3-10(9-15)13(8-11)17-7-5-12-2-1-6-16-12/h3-4,8,12H,1-2,5-7H2. The number of nitrogens with zero attached hydrogens (tertiary/aromatic N) is 1. The van der Waals surface area contributed by atoms with Gasteiger partial charge in [0.15, 0.2) is 0 Å². The van der Waals surface area contributed by atoms with Crippen molar-refractivity contribution >= 4 is 15.9 Å². The van der Waals surface area contributed by atoms with Crippen LogP contribution in [0.15, 0.2) is 22.7 Å². The molecule has 1 aliphatic rings. The quantitative estimate of drug-likeness (QED) is 0.856. The summed E-state index contributed by atoms with van der Waals surface area (Å²) in [6, 6.07) is 7.55. The lowest BCUT2D eigenvalue weighted by Crippen LogP contribution is -2.11. The molecule has 17 heavy (non-hydrogen) atoms. The van der Waals surface area contributed by atoms with Crippen LogP contribution in [0, 0.1) is 11.3 Å². The Morgan fingerprint density at radius 2 is 2.41 bits per heavy atom. The normalized spacial score (nSPS) is 18.9. The maximum atomic E-state index is 8.95. The Balaban J connectivity index is 1.89. The van der Waals surface area contributed by atoms with Crippen LogP contribution >= 0.6 is 15.9 Å². The molecule has 1 saturated heterocycles. The molecule has 1 aliphatic heterocycles. The number of halogens is 1. The summed E-state index contributed by atoms with van der Waals surface area (Å²) in [5, 5.41) is 8.95. The van der Waals surface area contributed by atoms with Crippen molar-refractivity contribution in [1.82, 2.24) is 0 Å². The summed E-state index contributed by atoms with van der Waals surface area (Å²) in [5.41, 5.74) is 0.570. The number of benzene rings is 1. The maximum absolute atomic E-state index is 8.95. The highest BCUT2D eigenvalue weighted by atomic mass is 79.9. The highest BCUT2D eigenvalue weighted by molar-refractivity contribution is 9.10. The van der Waals surface area contributed by atoms with Crippen LogP contribution < -0.4 is 4.74 Å². The zero-order chi connectivity index (χ0) is 12.1. The lowest BCUT2D eigenvalue weighted by Gasteiger charge is -2.11. The number of hydrogen-bond acceptors (Lipinski definition) is 3. The van der Waals surface area contributed by atoms with Gasteiger partial charge in [-0.1, -0.05) is 15.9 Å². The highest BCUT2D eigenvalue weighted by Crippen LogP contribution is 2.24. The first kappa shape index (κ1) is 12.4. The molecule has 1 aromatic rings. The van der Waals surface area contributed by atoms with E-state index < -0.39 is 0 Å². The van der Waals surface area contributed by atoms with Crippen molar-refractivity contribution in [2.75, 3.05) is 13.2 Å².